The number of alkyl halides is 3. The molecule has 1 saturated carbocycles. The fourth-order valence-corrected chi connectivity index (χ4v) is 2.67. The maximum Gasteiger partial charge on any atom is 0.416 e. The molecule has 1 aromatic rings. The van der Waals surface area contributed by atoms with Crippen LogP contribution >= 0.6 is 0 Å². The number of ether oxygens (including phenoxy) is 2. The van der Waals surface area contributed by atoms with Gasteiger partial charge in [0.15, 0.2) is 0 Å². The molecular weight excluding hydrogens is 337 g/mol. The van der Waals surface area contributed by atoms with E-state index in [0.29, 0.717) is 25.7 Å². The molecular formula is C18H19F3O4. The number of carbonyl (C=O) groups is 2. The van der Waals surface area contributed by atoms with Gasteiger partial charge in [-0.2, -0.15) is 13.2 Å². The first-order valence-electron chi connectivity index (χ1n) is 8.02. The van der Waals surface area contributed by atoms with E-state index in [1.54, 1.807) is 13.0 Å². The highest BCUT2D eigenvalue weighted by Crippen LogP contribution is 2.31. The second-order valence-corrected chi connectivity index (χ2v) is 5.85. The second-order valence-electron chi connectivity index (χ2n) is 5.85. The summed E-state index contributed by atoms with van der Waals surface area (Å²) in [4.78, 5) is 23.5. The zero-order chi connectivity index (χ0) is 18.4. The minimum absolute atomic E-state index is 0.0830. The molecule has 1 aliphatic rings. The van der Waals surface area contributed by atoms with E-state index in [4.69, 9.17) is 9.47 Å². The lowest BCUT2D eigenvalue weighted by molar-refractivity contribution is -0.147. The average molecular weight is 356 g/mol. The number of carbonyl (C=O) groups excluding carboxylic acids is 2. The van der Waals surface area contributed by atoms with Crippen LogP contribution in [0.25, 0.3) is 0 Å². The summed E-state index contributed by atoms with van der Waals surface area (Å²) in [6.07, 6.45) is 0.400. The molecule has 0 bridgehead atoms. The summed E-state index contributed by atoms with van der Waals surface area (Å²) in [6.45, 7) is 1.72. The zero-order valence-electron chi connectivity index (χ0n) is 13.7. The lowest BCUT2D eigenvalue weighted by Crippen LogP contribution is -2.29. The van der Waals surface area contributed by atoms with Gasteiger partial charge in [0.05, 0.1) is 11.5 Å². The Bertz CT molecular complexity index is 627. The molecule has 0 aliphatic heterocycles. The van der Waals surface area contributed by atoms with Crippen LogP contribution in [0, 0.1) is 5.92 Å². The molecule has 0 amide bonds. The van der Waals surface area contributed by atoms with Gasteiger partial charge in [0.2, 0.25) is 0 Å². The number of rotatable bonds is 4. The third-order valence-electron chi connectivity index (χ3n) is 3.99. The van der Waals surface area contributed by atoms with Gasteiger partial charge >= 0.3 is 18.1 Å². The quantitative estimate of drug-likeness (QED) is 0.459. The number of hydrogen-bond donors (Lipinski definition) is 0. The van der Waals surface area contributed by atoms with Gasteiger partial charge in [-0.05, 0) is 56.9 Å². The Morgan fingerprint density at radius 3 is 2.20 bits per heavy atom. The average Bonchev–Trinajstić information content (AvgIpc) is 2.55. The predicted octanol–water partition coefficient (Wildman–Crippen LogP) is 4.29. The van der Waals surface area contributed by atoms with Gasteiger partial charge in [-0.1, -0.05) is 6.08 Å². The summed E-state index contributed by atoms with van der Waals surface area (Å²) < 4.78 is 47.9. The minimum Gasteiger partial charge on any atom is -0.459 e. The topological polar surface area (TPSA) is 52.6 Å². The highest BCUT2D eigenvalue weighted by molar-refractivity contribution is 5.82. The lowest BCUT2D eigenvalue weighted by Gasteiger charge is -2.26. The van der Waals surface area contributed by atoms with Crippen molar-refractivity contribution in [1.29, 1.82) is 0 Å². The van der Waals surface area contributed by atoms with Gasteiger partial charge in [-0.25, -0.2) is 4.79 Å². The van der Waals surface area contributed by atoms with Crippen molar-refractivity contribution in [2.45, 2.75) is 44.9 Å². The summed E-state index contributed by atoms with van der Waals surface area (Å²) >= 11 is 0. The number of halogens is 3. The van der Waals surface area contributed by atoms with Crippen molar-refractivity contribution < 1.29 is 32.2 Å². The second kappa shape index (κ2) is 8.18. The SMILES string of the molecule is CC=CC(=O)OC1CCC(C(=O)Oc2ccc(C(F)(F)F)cc2)CC1. The summed E-state index contributed by atoms with van der Waals surface area (Å²) in [6, 6.07) is 4.01. The molecule has 0 aromatic heterocycles. The van der Waals surface area contributed by atoms with Gasteiger partial charge in [0.25, 0.3) is 0 Å². The lowest BCUT2D eigenvalue weighted by atomic mass is 9.87. The van der Waals surface area contributed by atoms with Crippen molar-refractivity contribution >= 4 is 11.9 Å². The van der Waals surface area contributed by atoms with Crippen molar-refractivity contribution in [2.24, 2.45) is 5.92 Å². The normalized spacial score (nSPS) is 21.1. The van der Waals surface area contributed by atoms with Gasteiger partial charge in [-0.3, -0.25) is 4.79 Å². The van der Waals surface area contributed by atoms with Crippen LogP contribution in [0.2, 0.25) is 0 Å². The molecule has 0 spiro atoms. The summed E-state index contributed by atoms with van der Waals surface area (Å²) in [5.41, 5.74) is -0.796. The van der Waals surface area contributed by atoms with Gasteiger partial charge in [0, 0.05) is 6.08 Å². The highest BCUT2D eigenvalue weighted by Gasteiger charge is 2.31. The first kappa shape index (κ1) is 19.0. The molecule has 7 heteroatoms. The van der Waals surface area contributed by atoms with Crippen LogP contribution in [0.4, 0.5) is 13.2 Å². The molecule has 0 unspecified atom stereocenters. The minimum atomic E-state index is -4.43. The summed E-state index contributed by atoms with van der Waals surface area (Å²) in [7, 11) is 0. The van der Waals surface area contributed by atoms with Crippen molar-refractivity contribution in [2.75, 3.05) is 0 Å². The first-order chi connectivity index (χ1) is 11.8. The Morgan fingerprint density at radius 1 is 1.08 bits per heavy atom. The highest BCUT2D eigenvalue weighted by atomic mass is 19.4. The number of benzene rings is 1. The van der Waals surface area contributed by atoms with Gasteiger partial charge in [0.1, 0.15) is 11.9 Å². The zero-order valence-corrected chi connectivity index (χ0v) is 13.7. The van der Waals surface area contributed by atoms with Crippen molar-refractivity contribution in [3.05, 3.63) is 42.0 Å². The van der Waals surface area contributed by atoms with E-state index in [1.165, 1.54) is 6.08 Å². The van der Waals surface area contributed by atoms with E-state index in [1.807, 2.05) is 0 Å². The van der Waals surface area contributed by atoms with Crippen LogP contribution in [-0.4, -0.2) is 18.0 Å². The van der Waals surface area contributed by atoms with Crippen LogP contribution < -0.4 is 4.74 Å². The van der Waals surface area contributed by atoms with Gasteiger partial charge < -0.3 is 9.47 Å². The summed E-state index contributed by atoms with van der Waals surface area (Å²) in [5, 5.41) is 0. The fourth-order valence-electron chi connectivity index (χ4n) is 2.67. The molecule has 136 valence electrons. The third kappa shape index (κ3) is 5.62. The van der Waals surface area contributed by atoms with Crippen LogP contribution in [0.1, 0.15) is 38.2 Å². The Balaban J connectivity index is 1.83. The predicted molar refractivity (Wildman–Crippen MR) is 83.7 cm³/mol. The van der Waals surface area contributed by atoms with E-state index < -0.39 is 23.7 Å². The monoisotopic (exact) mass is 356 g/mol. The van der Waals surface area contributed by atoms with E-state index in [0.717, 1.165) is 24.3 Å². The Hall–Kier alpha value is -2.31. The molecule has 0 saturated heterocycles. The molecule has 25 heavy (non-hydrogen) atoms. The van der Waals surface area contributed by atoms with Crippen LogP contribution in [0.5, 0.6) is 5.75 Å². The van der Waals surface area contributed by atoms with Crippen molar-refractivity contribution in [1.82, 2.24) is 0 Å². The van der Waals surface area contributed by atoms with E-state index >= 15 is 0 Å². The molecule has 1 aromatic carbocycles. The number of esters is 2. The van der Waals surface area contributed by atoms with Gasteiger partial charge in [-0.15, -0.1) is 0 Å². The maximum absolute atomic E-state index is 12.5. The summed E-state index contributed by atoms with van der Waals surface area (Å²) in [5.74, 6) is -1.14. The molecule has 1 fully saturated rings. The van der Waals surface area contributed by atoms with Crippen molar-refractivity contribution in [3.63, 3.8) is 0 Å². The smallest absolute Gasteiger partial charge is 0.416 e. The molecule has 0 atom stereocenters. The number of allylic oxidation sites excluding steroid dienone is 1. The third-order valence-corrected chi connectivity index (χ3v) is 3.99. The molecule has 0 heterocycles. The molecule has 2 rings (SSSR count). The Labute approximate surface area is 143 Å². The van der Waals surface area contributed by atoms with E-state index in [-0.39, 0.29) is 17.8 Å². The Kier molecular flexibility index (Phi) is 6.22. The number of hydrogen-bond acceptors (Lipinski definition) is 4. The van der Waals surface area contributed by atoms with Crippen LogP contribution in [-0.2, 0) is 20.5 Å². The molecule has 1 aliphatic carbocycles. The molecule has 0 radical (unpaired) electrons. The maximum atomic E-state index is 12.5. The van der Waals surface area contributed by atoms with E-state index in [2.05, 4.69) is 0 Å². The Morgan fingerprint density at radius 2 is 1.68 bits per heavy atom. The largest absolute Gasteiger partial charge is 0.459 e. The first-order valence-corrected chi connectivity index (χ1v) is 8.02. The van der Waals surface area contributed by atoms with Crippen LogP contribution in [0.3, 0.4) is 0 Å². The fraction of sp³-hybridized carbons (Fsp3) is 0.444. The van der Waals surface area contributed by atoms with Crippen LogP contribution in [0.15, 0.2) is 36.4 Å². The van der Waals surface area contributed by atoms with Crippen molar-refractivity contribution in [3.8, 4) is 5.75 Å². The standard InChI is InChI=1S/C18H19F3O4/c1-2-3-16(22)24-14-8-4-12(5-9-14)17(23)25-15-10-6-13(7-11-15)18(19,20)21/h2-3,6-7,10-12,14H,4-5,8-9H2,1H3. The molecule has 4 nitrogen and oxygen atoms in total. The molecule has 0 N–H and O–H groups in total. The van der Waals surface area contributed by atoms with E-state index in [9.17, 15) is 22.8 Å².